The van der Waals surface area contributed by atoms with Crippen molar-refractivity contribution in [1.82, 2.24) is 9.97 Å². The van der Waals surface area contributed by atoms with E-state index >= 15 is 0 Å². The van der Waals surface area contributed by atoms with Gasteiger partial charge in [0.2, 0.25) is 0 Å². The molecule has 0 fully saturated rings. The summed E-state index contributed by atoms with van der Waals surface area (Å²) in [5.74, 6) is 3.28. The maximum Gasteiger partial charge on any atom is 0.161 e. The Bertz CT molecular complexity index is 2430. The highest BCUT2D eigenvalue weighted by atomic mass is 16.3. The fourth-order valence-corrected chi connectivity index (χ4v) is 11.1. The van der Waals surface area contributed by atoms with Gasteiger partial charge in [0.15, 0.2) is 17.2 Å². The highest BCUT2D eigenvalue weighted by Crippen LogP contribution is 2.60. The minimum absolute atomic E-state index is 0.0247. The molecule has 3 aliphatic heterocycles. The van der Waals surface area contributed by atoms with Crippen LogP contribution in [0.15, 0.2) is 108 Å². The lowest BCUT2D eigenvalue weighted by Gasteiger charge is -2.48. The molecule has 288 valence electrons. The van der Waals surface area contributed by atoms with Crippen LogP contribution in [0.25, 0.3) is 33.3 Å². The number of para-hydroxylation sites is 2. The third kappa shape index (κ3) is 5.73. The molecule has 4 aromatic carbocycles. The Kier molecular flexibility index (Phi) is 9.42. The molecule has 0 spiro atoms. The zero-order chi connectivity index (χ0) is 38.7. The van der Waals surface area contributed by atoms with E-state index in [4.69, 9.17) is 14.4 Å². The third-order valence-electron chi connectivity index (χ3n) is 14.1. The number of hydrogen-bond donors (Lipinski definition) is 0. The van der Waals surface area contributed by atoms with Crippen LogP contribution in [0, 0.1) is 31.1 Å². The number of fused-ring (bicyclic) bond motifs is 8. The molecule has 9 rings (SSSR count). The molecule has 0 amide bonds. The highest BCUT2D eigenvalue weighted by molar-refractivity contribution is 6.09. The van der Waals surface area contributed by atoms with Gasteiger partial charge < -0.3 is 19.1 Å². The van der Waals surface area contributed by atoms with Gasteiger partial charge in [-0.25, -0.2) is 9.97 Å². The number of rotatable bonds is 8. The number of allylic oxidation sites excluding steroid dienone is 1. The van der Waals surface area contributed by atoms with Crippen LogP contribution in [0.4, 0.5) is 22.9 Å². The minimum atomic E-state index is -0.0247. The molecule has 6 heteroatoms. The first-order valence-electron chi connectivity index (χ1n) is 21.1. The number of aromatic nitrogens is 2. The van der Waals surface area contributed by atoms with Gasteiger partial charge in [0.05, 0.1) is 11.9 Å². The summed E-state index contributed by atoms with van der Waals surface area (Å²) in [5.41, 5.74) is 10.6. The second kappa shape index (κ2) is 14.4. The Morgan fingerprint density at radius 1 is 0.857 bits per heavy atom. The molecular weight excluding hydrogens is 687 g/mol. The average molecular weight is 744 g/mol. The van der Waals surface area contributed by atoms with Crippen molar-refractivity contribution in [1.29, 1.82) is 0 Å². The van der Waals surface area contributed by atoms with Gasteiger partial charge in [-0.1, -0.05) is 113 Å². The van der Waals surface area contributed by atoms with Crippen molar-refractivity contribution in [2.24, 2.45) is 17.3 Å². The summed E-state index contributed by atoms with van der Waals surface area (Å²) in [7, 11) is 2.27. The van der Waals surface area contributed by atoms with E-state index in [-0.39, 0.29) is 11.6 Å². The van der Waals surface area contributed by atoms with Gasteiger partial charge in [0.25, 0.3) is 0 Å². The van der Waals surface area contributed by atoms with Gasteiger partial charge >= 0.3 is 0 Å². The van der Waals surface area contributed by atoms with E-state index in [1.807, 2.05) is 0 Å². The van der Waals surface area contributed by atoms with E-state index in [2.05, 4.69) is 167 Å². The summed E-state index contributed by atoms with van der Waals surface area (Å²) in [6, 6.07) is 31.1. The SMILES string of the molecule is CCC1c2ccccc2N2c3cnc(-c4ccccc4C)nc3N(C)C2C(C)(CC)C1CCCC1C(C)CCC=CN1c1c(C)ccc2c1oc1ccccc12. The largest absolute Gasteiger partial charge is 0.454 e. The number of benzene rings is 4. The van der Waals surface area contributed by atoms with Crippen LogP contribution in [0.3, 0.4) is 0 Å². The van der Waals surface area contributed by atoms with E-state index in [0.717, 1.165) is 66.2 Å². The smallest absolute Gasteiger partial charge is 0.161 e. The molecule has 0 saturated carbocycles. The lowest BCUT2D eigenvalue weighted by atomic mass is 9.63. The summed E-state index contributed by atoms with van der Waals surface area (Å²) in [4.78, 5) is 18.1. The first-order valence-corrected chi connectivity index (χ1v) is 21.1. The van der Waals surface area contributed by atoms with E-state index in [9.17, 15) is 0 Å². The summed E-state index contributed by atoms with van der Waals surface area (Å²) in [6.07, 6.45) is 14.9. The van der Waals surface area contributed by atoms with Crippen LogP contribution in [0.1, 0.15) is 95.2 Å². The van der Waals surface area contributed by atoms with Crippen molar-refractivity contribution in [2.75, 3.05) is 21.7 Å². The molecule has 0 bridgehead atoms. The van der Waals surface area contributed by atoms with Crippen molar-refractivity contribution >= 4 is 44.8 Å². The van der Waals surface area contributed by atoms with Gasteiger partial charge in [-0.05, 0) is 98.9 Å². The number of nitrogens with zero attached hydrogens (tertiary/aromatic N) is 5. The van der Waals surface area contributed by atoms with Crippen LogP contribution in [-0.4, -0.2) is 29.2 Å². The van der Waals surface area contributed by atoms with Crippen molar-refractivity contribution < 1.29 is 4.42 Å². The summed E-state index contributed by atoms with van der Waals surface area (Å²) in [6.45, 7) is 14.3. The number of aryl methyl sites for hydroxylation is 2. The van der Waals surface area contributed by atoms with Gasteiger partial charge in [-0.2, -0.15) is 0 Å². The van der Waals surface area contributed by atoms with Gasteiger partial charge in [0.1, 0.15) is 17.4 Å². The van der Waals surface area contributed by atoms with E-state index in [1.54, 1.807) is 0 Å². The standard InChI is InChI=1S/C50H57N5O/c1-8-35-37-22-12-14-25-42(37)55-43-31-51-47(36-21-11-10-19-32(36)3)52-48(43)53(7)49(55)50(6,9-2)40(35)24-18-26-41-33(4)20-16-17-30-54(41)45-34(5)28-29-39-38-23-13-15-27-44(38)56-46(39)45/h10-15,17,19,21-23,25,27-31,33,35,40-41,49H,8-9,16,18,20,24,26H2,1-7H3. The Morgan fingerprint density at radius 3 is 2.46 bits per heavy atom. The summed E-state index contributed by atoms with van der Waals surface area (Å²) in [5, 5.41) is 2.39. The molecule has 2 aromatic heterocycles. The van der Waals surface area contributed by atoms with Crippen LogP contribution >= 0.6 is 0 Å². The molecule has 6 atom stereocenters. The van der Waals surface area contributed by atoms with Crippen molar-refractivity contribution in [3.05, 3.63) is 120 Å². The second-order valence-electron chi connectivity index (χ2n) is 17.2. The van der Waals surface area contributed by atoms with Crippen LogP contribution < -0.4 is 14.7 Å². The zero-order valence-corrected chi connectivity index (χ0v) is 34.3. The minimum Gasteiger partial charge on any atom is -0.454 e. The second-order valence-corrected chi connectivity index (χ2v) is 17.2. The highest BCUT2D eigenvalue weighted by Gasteiger charge is 2.55. The third-order valence-corrected chi connectivity index (χ3v) is 14.1. The normalized spacial score (nSPS) is 24.6. The number of furan rings is 1. The van der Waals surface area contributed by atoms with Crippen LogP contribution in [0.2, 0.25) is 0 Å². The summed E-state index contributed by atoms with van der Waals surface area (Å²) < 4.78 is 6.68. The Morgan fingerprint density at radius 2 is 1.64 bits per heavy atom. The maximum atomic E-state index is 6.68. The van der Waals surface area contributed by atoms with Crippen molar-refractivity contribution in [3.8, 4) is 11.4 Å². The molecule has 56 heavy (non-hydrogen) atoms. The fourth-order valence-electron chi connectivity index (χ4n) is 11.1. The van der Waals surface area contributed by atoms with Crippen LogP contribution in [0.5, 0.6) is 0 Å². The zero-order valence-electron chi connectivity index (χ0n) is 34.3. The molecule has 6 aromatic rings. The van der Waals surface area contributed by atoms with Gasteiger partial charge in [-0.15, -0.1) is 0 Å². The molecule has 0 N–H and O–H groups in total. The monoisotopic (exact) mass is 743 g/mol. The maximum absolute atomic E-state index is 6.68. The average Bonchev–Trinajstić information content (AvgIpc) is 3.64. The summed E-state index contributed by atoms with van der Waals surface area (Å²) >= 11 is 0. The van der Waals surface area contributed by atoms with Gasteiger partial charge in [0, 0.05) is 46.7 Å². The molecule has 5 heterocycles. The molecule has 0 radical (unpaired) electrons. The molecular formula is C50H57N5O. The van der Waals surface area contributed by atoms with Crippen molar-refractivity contribution in [3.63, 3.8) is 0 Å². The fraction of sp³-hybridized carbons (Fsp3) is 0.400. The first kappa shape index (κ1) is 36.5. The molecule has 6 unspecified atom stereocenters. The number of hydrogen-bond acceptors (Lipinski definition) is 6. The van der Waals surface area contributed by atoms with Crippen LogP contribution in [-0.2, 0) is 0 Å². The Labute approximate surface area is 333 Å². The molecule has 6 nitrogen and oxygen atoms in total. The quantitative estimate of drug-likeness (QED) is 0.155. The predicted octanol–water partition coefficient (Wildman–Crippen LogP) is 13.1. The van der Waals surface area contributed by atoms with Gasteiger partial charge in [-0.3, -0.25) is 0 Å². The van der Waals surface area contributed by atoms with Crippen molar-refractivity contribution in [2.45, 2.75) is 105 Å². The lowest BCUT2D eigenvalue weighted by molar-refractivity contribution is 0.102. The first-order chi connectivity index (χ1) is 27.2. The molecule has 0 saturated heterocycles. The van der Waals surface area contributed by atoms with E-state index < -0.39 is 0 Å². The predicted molar refractivity (Wildman–Crippen MR) is 234 cm³/mol. The Balaban J connectivity index is 1.08. The Hall–Kier alpha value is -5.10. The topological polar surface area (TPSA) is 48.6 Å². The van der Waals surface area contributed by atoms with E-state index in [0.29, 0.717) is 23.8 Å². The molecule has 0 aliphatic carbocycles. The number of anilines is 4. The van der Waals surface area contributed by atoms with E-state index in [1.165, 1.54) is 51.7 Å². The molecule has 3 aliphatic rings. The lowest BCUT2D eigenvalue weighted by Crippen LogP contribution is -2.53.